The van der Waals surface area contributed by atoms with Gasteiger partial charge in [0.15, 0.2) is 15.7 Å². The predicted octanol–water partition coefficient (Wildman–Crippen LogP) is 7.57. The van der Waals surface area contributed by atoms with Gasteiger partial charge in [0, 0.05) is 131 Å². The molecule has 6 aromatic rings. The minimum Gasteiger partial charge on any atom is -0.492 e. The van der Waals surface area contributed by atoms with Gasteiger partial charge in [0.2, 0.25) is 5.91 Å². The molecule has 0 spiro atoms. The fourth-order valence-corrected chi connectivity index (χ4v) is 13.2. The number of halogens is 1. The number of benzene rings is 2. The first-order chi connectivity index (χ1) is 41.1. The second-order valence-corrected chi connectivity index (χ2v) is 29.1. The summed E-state index contributed by atoms with van der Waals surface area (Å²) in [7, 11) is -3.84. The second kappa shape index (κ2) is 25.0. The maximum Gasteiger partial charge on any atom is 0.410 e. The quantitative estimate of drug-likeness (QED) is 0.0890. The molecule has 0 aliphatic carbocycles. The Bertz CT molecular complexity index is 3600. The minimum atomic E-state index is -3.84. The van der Waals surface area contributed by atoms with Gasteiger partial charge >= 0.3 is 6.09 Å². The molecule has 3 atom stereocenters. The number of piperazine rings is 3. The van der Waals surface area contributed by atoms with E-state index in [9.17, 15) is 27.2 Å². The van der Waals surface area contributed by atoms with Crippen LogP contribution in [-0.4, -0.2) is 206 Å². The standard InChI is InChI=1S/C63H84FN15O7S/c1-40-33-76(24-23-75(40)35-47-36-78(60(82)86-61(5,6)7)41(2)34-77(47)37-55(80)79-38-63(11,12)56-51(79)27-45(30-67-56)26-44-14-16-46(64)17-15-44)59(81)50-31-66-54(32-65-50)74-21-19-73(20-22-74)18-13-25-85-52-29-49-48(28-53(52)87(83,84)62(8,9)10)58(69-39-68-49)70-57-42(3)43(4)71-72-57/h14-17,27-32,39-41,47H,13,18-26,33-38H2,1-12H3,(H2,68,69,70,71,72)/t40?,41-,47+/m1/s1. The van der Waals surface area contributed by atoms with Crippen LogP contribution >= 0.6 is 0 Å². The van der Waals surface area contributed by atoms with E-state index in [0.717, 1.165) is 53.4 Å². The fourth-order valence-electron chi connectivity index (χ4n) is 11.9. The van der Waals surface area contributed by atoms with Crippen molar-refractivity contribution < 1.29 is 36.7 Å². The Morgan fingerprint density at radius 2 is 1.56 bits per heavy atom. The molecule has 3 amide bonds. The number of ether oxygens (including phenoxy) is 2. The van der Waals surface area contributed by atoms with Crippen molar-refractivity contribution >= 4 is 61.8 Å². The SMILES string of the molecule is Cc1[nH]nc(Nc2ncnc3cc(OCCCN4CCN(c5cnc(C(=O)N6CCN(C[C@H]7CN(C(=O)OC(C)(C)C)[C@H](C)CN7CC(=O)N7CC(C)(C)c8ncc(Cc9ccc(F)cc9)cc87)C(C)C6)cn5)CC4)c(S(=O)(=O)C(C)(C)C)cc23)c1C. The van der Waals surface area contributed by atoms with Crippen LogP contribution < -0.4 is 19.9 Å². The van der Waals surface area contributed by atoms with Gasteiger partial charge in [-0.1, -0.05) is 26.0 Å². The highest BCUT2D eigenvalue weighted by molar-refractivity contribution is 7.92. The van der Waals surface area contributed by atoms with E-state index in [-0.39, 0.29) is 70.1 Å². The number of rotatable bonds is 16. The molecule has 3 saturated heterocycles. The summed E-state index contributed by atoms with van der Waals surface area (Å²) in [5.74, 6) is 1.44. The second-order valence-electron chi connectivity index (χ2n) is 26.4. The van der Waals surface area contributed by atoms with Crippen LogP contribution in [0.1, 0.15) is 114 Å². The van der Waals surface area contributed by atoms with E-state index in [4.69, 9.17) is 19.4 Å². The Labute approximate surface area is 510 Å². The van der Waals surface area contributed by atoms with Crippen LogP contribution in [0.5, 0.6) is 5.75 Å². The summed E-state index contributed by atoms with van der Waals surface area (Å²) in [6.07, 6.45) is 7.34. The van der Waals surface area contributed by atoms with Gasteiger partial charge in [-0.3, -0.25) is 34.4 Å². The third-order valence-corrected chi connectivity index (χ3v) is 19.7. The number of aromatic nitrogens is 7. The number of nitrogens with zero attached hydrogens (tertiary/aromatic N) is 13. The molecule has 0 radical (unpaired) electrons. The number of aromatic amines is 1. The minimum absolute atomic E-state index is 0.0451. The van der Waals surface area contributed by atoms with Gasteiger partial charge in [-0.2, -0.15) is 5.10 Å². The molecule has 0 saturated carbocycles. The highest BCUT2D eigenvalue weighted by Crippen LogP contribution is 2.41. The Morgan fingerprint density at radius 1 is 0.816 bits per heavy atom. The van der Waals surface area contributed by atoms with Gasteiger partial charge < -0.3 is 34.4 Å². The number of sulfone groups is 1. The molecule has 2 aromatic carbocycles. The Morgan fingerprint density at radius 3 is 2.23 bits per heavy atom. The summed E-state index contributed by atoms with van der Waals surface area (Å²) in [5.41, 5.74) is 5.10. The number of pyridine rings is 1. The number of hydrogen-bond donors (Lipinski definition) is 2. The zero-order valence-corrected chi connectivity index (χ0v) is 53.2. The number of carbonyl (C=O) groups is 3. The van der Waals surface area contributed by atoms with Crippen molar-refractivity contribution in [3.8, 4) is 5.75 Å². The Kier molecular flexibility index (Phi) is 18.0. The lowest BCUT2D eigenvalue weighted by molar-refractivity contribution is -0.121. The molecule has 10 rings (SSSR count). The van der Waals surface area contributed by atoms with E-state index in [1.54, 1.807) is 62.3 Å². The lowest BCUT2D eigenvalue weighted by Gasteiger charge is -2.48. The smallest absolute Gasteiger partial charge is 0.410 e. The zero-order chi connectivity index (χ0) is 62.3. The van der Waals surface area contributed by atoms with E-state index in [1.807, 2.05) is 63.6 Å². The molecule has 2 N–H and O–H groups in total. The number of amides is 3. The van der Waals surface area contributed by atoms with Crippen molar-refractivity contribution in [3.63, 3.8) is 0 Å². The summed E-state index contributed by atoms with van der Waals surface area (Å²) in [5, 5.41) is 11.1. The molecule has 87 heavy (non-hydrogen) atoms. The van der Waals surface area contributed by atoms with Crippen molar-refractivity contribution in [2.45, 2.75) is 135 Å². The molecule has 1 unspecified atom stereocenters. The highest BCUT2D eigenvalue weighted by Gasteiger charge is 2.44. The van der Waals surface area contributed by atoms with E-state index < -0.39 is 20.2 Å². The Hall–Kier alpha value is -7.41. The molecule has 466 valence electrons. The number of hydrogen-bond acceptors (Lipinski definition) is 18. The number of aryl methyl sites for hydroxylation is 1. The topological polar surface area (TPSA) is 232 Å². The number of anilines is 4. The summed E-state index contributed by atoms with van der Waals surface area (Å²) in [6.45, 7) is 30.2. The lowest BCUT2D eigenvalue weighted by atomic mass is 9.91. The van der Waals surface area contributed by atoms with Crippen molar-refractivity contribution in [3.05, 3.63) is 107 Å². The predicted molar refractivity (Wildman–Crippen MR) is 332 cm³/mol. The van der Waals surface area contributed by atoms with Crippen molar-refractivity contribution in [1.82, 2.24) is 59.6 Å². The van der Waals surface area contributed by atoms with E-state index in [0.29, 0.717) is 107 Å². The third kappa shape index (κ3) is 14.0. The van der Waals surface area contributed by atoms with Crippen molar-refractivity contribution in [2.24, 2.45) is 0 Å². The van der Waals surface area contributed by atoms with Crippen molar-refractivity contribution in [1.29, 1.82) is 0 Å². The van der Waals surface area contributed by atoms with Gasteiger partial charge in [0.25, 0.3) is 5.91 Å². The molecular weight excluding hydrogens is 1130 g/mol. The summed E-state index contributed by atoms with van der Waals surface area (Å²) in [6, 6.07) is 11.3. The normalized spacial score (nSPS) is 19.8. The molecular formula is C63H84FN15O7S. The third-order valence-electron chi connectivity index (χ3n) is 17.2. The molecule has 8 heterocycles. The van der Waals surface area contributed by atoms with Crippen LogP contribution in [0.3, 0.4) is 0 Å². The van der Waals surface area contributed by atoms with E-state index in [1.165, 1.54) is 18.5 Å². The lowest BCUT2D eigenvalue weighted by Crippen LogP contribution is -2.65. The number of carbonyl (C=O) groups excluding carboxylic acids is 3. The van der Waals surface area contributed by atoms with Crippen LogP contribution in [0.15, 0.2) is 72.3 Å². The van der Waals surface area contributed by atoms with E-state index in [2.05, 4.69) is 70.8 Å². The van der Waals surface area contributed by atoms with Gasteiger partial charge in [-0.25, -0.2) is 37.5 Å². The van der Waals surface area contributed by atoms with Crippen LogP contribution in [0.2, 0.25) is 0 Å². The van der Waals surface area contributed by atoms with Crippen LogP contribution in [0.4, 0.5) is 32.3 Å². The highest BCUT2D eigenvalue weighted by atomic mass is 32.2. The van der Waals surface area contributed by atoms with Crippen LogP contribution in [0, 0.1) is 19.7 Å². The molecule has 4 aliphatic heterocycles. The Balaban J connectivity index is 0.728. The number of fused-ring (bicyclic) bond motifs is 2. The number of H-pyrrole nitrogens is 1. The first-order valence-electron chi connectivity index (χ1n) is 30.2. The maximum absolute atomic E-state index is 14.7. The largest absolute Gasteiger partial charge is 0.492 e. The molecule has 4 aliphatic rings. The molecule has 3 fully saturated rings. The van der Waals surface area contributed by atoms with Gasteiger partial charge in [0.05, 0.1) is 47.2 Å². The zero-order valence-electron chi connectivity index (χ0n) is 52.4. The molecule has 24 heteroatoms. The van der Waals surface area contributed by atoms with Crippen LogP contribution in [0.25, 0.3) is 10.9 Å². The number of nitrogens with one attached hydrogen (secondary N) is 2. The van der Waals surface area contributed by atoms with Crippen LogP contribution in [-0.2, 0) is 31.2 Å². The van der Waals surface area contributed by atoms with Gasteiger partial charge in [-0.05, 0) is 117 Å². The average molecular weight is 1210 g/mol. The molecule has 4 aromatic heterocycles. The van der Waals surface area contributed by atoms with Gasteiger partial charge in [-0.15, -0.1) is 0 Å². The first-order valence-corrected chi connectivity index (χ1v) is 31.7. The summed E-state index contributed by atoms with van der Waals surface area (Å²) < 4.78 is 52.9. The molecule has 0 bridgehead atoms. The fraction of sp³-hybridized carbons (Fsp3) is 0.540. The molecule has 22 nitrogen and oxygen atoms in total. The summed E-state index contributed by atoms with van der Waals surface area (Å²) in [4.78, 5) is 80.2. The van der Waals surface area contributed by atoms with E-state index >= 15 is 0 Å². The maximum atomic E-state index is 14.7. The van der Waals surface area contributed by atoms with Crippen molar-refractivity contribution in [2.75, 3.05) is 107 Å². The van der Waals surface area contributed by atoms with Gasteiger partial charge in [0.1, 0.15) is 45.7 Å². The first kappa shape index (κ1) is 62.6. The monoisotopic (exact) mass is 1210 g/mol. The average Bonchev–Trinajstić information content (AvgIpc) is 1.91. The summed E-state index contributed by atoms with van der Waals surface area (Å²) >= 11 is 0.